The average molecular weight is 480 g/mol. The minimum atomic E-state index is -5.31. The molecule has 1 fully saturated rings. The van der Waals surface area contributed by atoms with Gasteiger partial charge in [-0.05, 0) is 10.4 Å². The van der Waals surface area contributed by atoms with Crippen molar-refractivity contribution in [3.8, 4) is 0 Å². The third-order valence-electron chi connectivity index (χ3n) is 3.46. The fourth-order valence-corrected chi connectivity index (χ4v) is 5.21. The van der Waals surface area contributed by atoms with Crippen molar-refractivity contribution in [1.82, 2.24) is 9.55 Å². The highest BCUT2D eigenvalue weighted by Crippen LogP contribution is 2.65. The zero-order valence-corrected chi connectivity index (χ0v) is 17.1. The maximum Gasteiger partial charge on any atom is 0.705 e. The smallest absolute Gasteiger partial charge is 0.387 e. The Morgan fingerprint density at radius 2 is 2.03 bits per heavy atom. The lowest BCUT2D eigenvalue weighted by Gasteiger charge is -2.19. The van der Waals surface area contributed by atoms with Crippen LogP contribution in [0.2, 0.25) is 0 Å². The third-order valence-corrected chi connectivity index (χ3v) is 7.38. The number of ether oxygens (including phenoxy) is 1. The fourth-order valence-electron chi connectivity index (χ4n) is 2.22. The molecule has 0 spiro atoms. The highest BCUT2D eigenvalue weighted by Gasteiger charge is 2.48. The van der Waals surface area contributed by atoms with Crippen LogP contribution in [0.3, 0.4) is 0 Å². The lowest BCUT2D eigenvalue weighted by atomic mass is 10.1. The summed E-state index contributed by atoms with van der Waals surface area (Å²) in [4.78, 5) is 33.0. The Balaban J connectivity index is 2.09. The molecule has 19 heteroatoms. The number of aromatic nitrogens is 2. The number of aliphatic hydroxyl groups is 2. The van der Waals surface area contributed by atoms with Gasteiger partial charge >= 0.3 is 29.6 Å². The summed E-state index contributed by atoms with van der Waals surface area (Å²) in [5, 5.41) is 20.2. The second-order valence-electron chi connectivity index (χ2n) is 5.38. The molecular formula is C10H17N3O13P3+. The van der Waals surface area contributed by atoms with Gasteiger partial charge in [-0.3, -0.25) is 18.5 Å². The van der Waals surface area contributed by atoms with Crippen LogP contribution in [0, 0.1) is 0 Å². The SMILES string of the molecule is COP(=O)(OC[C@H]1O[C@@H](n2ccc(N)nc2=O)[C@H](O)[C@@H]1O)OP(=O)(O)O[P+](=O)O. The number of nitrogens with two attached hydrogens (primary N) is 1. The zero-order chi connectivity index (χ0) is 22.0. The van der Waals surface area contributed by atoms with Crippen LogP contribution in [0.15, 0.2) is 17.1 Å². The van der Waals surface area contributed by atoms with Crippen LogP contribution in [0.4, 0.5) is 5.82 Å². The first-order valence-electron chi connectivity index (χ1n) is 7.44. The second kappa shape index (κ2) is 9.35. The number of phosphoric acid groups is 2. The lowest BCUT2D eigenvalue weighted by Crippen LogP contribution is -2.36. The molecule has 0 aromatic carbocycles. The molecule has 2 rings (SSSR count). The fraction of sp³-hybridized carbons (Fsp3) is 0.600. The predicted molar refractivity (Wildman–Crippen MR) is 91.2 cm³/mol. The van der Waals surface area contributed by atoms with Gasteiger partial charge in [0.1, 0.15) is 24.1 Å². The molecule has 1 aliphatic rings. The van der Waals surface area contributed by atoms with Gasteiger partial charge in [0, 0.05) is 17.9 Å². The van der Waals surface area contributed by atoms with Gasteiger partial charge in [0.15, 0.2) is 6.23 Å². The van der Waals surface area contributed by atoms with E-state index in [1.165, 1.54) is 6.07 Å². The molecule has 1 saturated heterocycles. The van der Waals surface area contributed by atoms with Gasteiger partial charge in [-0.2, -0.15) is 9.29 Å². The highest BCUT2D eigenvalue weighted by atomic mass is 31.3. The summed E-state index contributed by atoms with van der Waals surface area (Å²) in [6.07, 6.45) is -4.94. The number of phosphoric ester groups is 1. The maximum absolute atomic E-state index is 12.2. The van der Waals surface area contributed by atoms with Gasteiger partial charge in [0.2, 0.25) is 0 Å². The Hall–Kier alpha value is -1.12. The van der Waals surface area contributed by atoms with E-state index in [4.69, 9.17) is 19.9 Å². The van der Waals surface area contributed by atoms with Crippen molar-refractivity contribution in [2.24, 2.45) is 0 Å². The lowest BCUT2D eigenvalue weighted by molar-refractivity contribution is -0.0545. The summed E-state index contributed by atoms with van der Waals surface area (Å²) in [5.74, 6) is -0.0855. The van der Waals surface area contributed by atoms with E-state index in [1.807, 2.05) is 0 Å². The highest BCUT2D eigenvalue weighted by molar-refractivity contribution is 7.64. The Morgan fingerprint density at radius 1 is 1.38 bits per heavy atom. The molecule has 3 unspecified atom stereocenters. The average Bonchev–Trinajstić information content (AvgIpc) is 2.87. The van der Waals surface area contributed by atoms with Crippen LogP contribution in [0.5, 0.6) is 0 Å². The number of hydrogen-bond donors (Lipinski definition) is 5. The van der Waals surface area contributed by atoms with Gasteiger partial charge in [-0.15, -0.1) is 4.89 Å². The van der Waals surface area contributed by atoms with Crippen molar-refractivity contribution in [2.75, 3.05) is 19.5 Å². The van der Waals surface area contributed by atoms with Gasteiger partial charge in [0.05, 0.1) is 6.61 Å². The number of nitrogens with zero attached hydrogens (tertiary/aromatic N) is 2. The number of nitrogen functional groups attached to an aromatic ring is 1. The van der Waals surface area contributed by atoms with E-state index in [-0.39, 0.29) is 5.82 Å². The van der Waals surface area contributed by atoms with Crippen molar-refractivity contribution in [2.45, 2.75) is 24.5 Å². The van der Waals surface area contributed by atoms with Crippen LogP contribution in [-0.2, 0) is 36.1 Å². The van der Waals surface area contributed by atoms with Crippen LogP contribution in [0.1, 0.15) is 6.23 Å². The standard InChI is InChI=1S/C10H16N3O13P3/c1-22-29(21,26-28(19,20)25-27(17)18)23-4-5-7(14)8(15)9(24-5)13-3-2-6(11)12-10(13)16/h2-3,5,7-9,14-15H,4H2,1H3,(H3-,11,12,16,17,18,19,20)/p+1/t5-,7-,8-,9-,29?/m1/s1. The van der Waals surface area contributed by atoms with E-state index < -0.39 is 60.7 Å². The van der Waals surface area contributed by atoms with Crippen LogP contribution < -0.4 is 11.4 Å². The molecule has 0 aliphatic carbocycles. The number of rotatable bonds is 9. The van der Waals surface area contributed by atoms with E-state index in [0.29, 0.717) is 0 Å². The van der Waals surface area contributed by atoms with Crippen LogP contribution in [0.25, 0.3) is 0 Å². The quantitative estimate of drug-likeness (QED) is 0.266. The zero-order valence-electron chi connectivity index (χ0n) is 14.4. The van der Waals surface area contributed by atoms with Crippen molar-refractivity contribution in [1.29, 1.82) is 0 Å². The van der Waals surface area contributed by atoms with Crippen LogP contribution >= 0.6 is 23.9 Å². The molecule has 0 radical (unpaired) electrons. The minimum Gasteiger partial charge on any atom is -0.387 e. The van der Waals surface area contributed by atoms with Gasteiger partial charge in [-0.25, -0.2) is 13.9 Å². The molecule has 1 aliphatic heterocycles. The van der Waals surface area contributed by atoms with Gasteiger partial charge in [-0.1, -0.05) is 0 Å². The first kappa shape index (κ1) is 24.2. The van der Waals surface area contributed by atoms with Crippen molar-refractivity contribution in [3.63, 3.8) is 0 Å². The molecule has 0 amide bonds. The third kappa shape index (κ3) is 6.18. The molecule has 0 saturated carbocycles. The van der Waals surface area contributed by atoms with E-state index in [0.717, 1.165) is 17.9 Å². The maximum atomic E-state index is 12.2. The Labute approximate surface area is 162 Å². The Bertz CT molecular complexity index is 908. The summed E-state index contributed by atoms with van der Waals surface area (Å²) in [6, 6.07) is 1.24. The summed E-state index contributed by atoms with van der Waals surface area (Å²) >= 11 is 0. The van der Waals surface area contributed by atoms with E-state index in [1.54, 1.807) is 0 Å². The minimum absolute atomic E-state index is 0.0855. The van der Waals surface area contributed by atoms with E-state index in [9.17, 15) is 33.6 Å². The van der Waals surface area contributed by atoms with Crippen LogP contribution in [-0.4, -0.2) is 61.6 Å². The molecule has 16 nitrogen and oxygen atoms in total. The number of aliphatic hydroxyl groups excluding tert-OH is 2. The second-order valence-corrected chi connectivity index (χ2v) is 9.62. The number of anilines is 1. The van der Waals surface area contributed by atoms with E-state index in [2.05, 4.69) is 18.1 Å². The predicted octanol–water partition coefficient (Wildman–Crippen LogP) is -1.00. The van der Waals surface area contributed by atoms with Gasteiger partial charge < -0.3 is 20.7 Å². The number of hydrogen-bond acceptors (Lipinski definition) is 13. The molecule has 7 atom stereocenters. The molecule has 1 aromatic heterocycles. The van der Waals surface area contributed by atoms with Crippen molar-refractivity contribution < 1.29 is 56.1 Å². The topological polar surface area (TPSA) is 239 Å². The summed E-state index contributed by atoms with van der Waals surface area (Å²) in [7, 11) is -13.0. The summed E-state index contributed by atoms with van der Waals surface area (Å²) in [5.41, 5.74) is 4.48. The molecular weight excluding hydrogens is 463 g/mol. The normalized spacial score (nSPS) is 29.2. The van der Waals surface area contributed by atoms with Crippen molar-refractivity contribution in [3.05, 3.63) is 22.7 Å². The largest absolute Gasteiger partial charge is 0.705 e. The summed E-state index contributed by atoms with van der Waals surface area (Å²) in [6.45, 7) is -0.817. The molecule has 6 N–H and O–H groups in total. The molecule has 2 heterocycles. The monoisotopic (exact) mass is 480 g/mol. The molecule has 29 heavy (non-hydrogen) atoms. The Morgan fingerprint density at radius 3 is 2.59 bits per heavy atom. The first-order chi connectivity index (χ1) is 13.4. The van der Waals surface area contributed by atoms with Gasteiger partial charge in [0.25, 0.3) is 0 Å². The molecule has 164 valence electrons. The molecule has 1 aromatic rings. The van der Waals surface area contributed by atoms with Crippen molar-refractivity contribution >= 4 is 29.7 Å². The van der Waals surface area contributed by atoms with E-state index >= 15 is 0 Å². The summed E-state index contributed by atoms with van der Waals surface area (Å²) < 4.78 is 57.2. The Kier molecular flexibility index (Phi) is 7.79. The molecule has 0 bridgehead atoms. The first-order valence-corrected chi connectivity index (χ1v) is 11.5.